The van der Waals surface area contributed by atoms with Gasteiger partial charge in [0.25, 0.3) is 0 Å². The molecule has 2 rings (SSSR count). The lowest BCUT2D eigenvalue weighted by Gasteiger charge is -2.01. The van der Waals surface area contributed by atoms with Gasteiger partial charge in [-0.3, -0.25) is 0 Å². The normalized spacial score (nSPS) is 10.7. The van der Waals surface area contributed by atoms with E-state index in [-0.39, 0.29) is 0 Å². The van der Waals surface area contributed by atoms with Gasteiger partial charge in [-0.15, -0.1) is 0 Å². The van der Waals surface area contributed by atoms with Crippen molar-refractivity contribution < 1.29 is 4.84 Å². The van der Waals surface area contributed by atoms with Crippen molar-refractivity contribution in [3.63, 3.8) is 0 Å². The van der Waals surface area contributed by atoms with E-state index in [1.165, 1.54) is 5.56 Å². The number of hydrogen-bond acceptors (Lipinski definition) is 2. The SMILES string of the molecule is C=Cc1ccc(CON=Cc2cccc(CC)c2)cc1. The lowest BCUT2D eigenvalue weighted by Crippen LogP contribution is -1.89. The number of rotatable bonds is 6. The van der Waals surface area contributed by atoms with Crippen molar-refractivity contribution in [2.75, 3.05) is 0 Å². The summed E-state index contributed by atoms with van der Waals surface area (Å²) in [4.78, 5) is 5.31. The quantitative estimate of drug-likeness (QED) is 0.559. The van der Waals surface area contributed by atoms with Gasteiger partial charge in [-0.05, 0) is 28.7 Å². The molecule has 0 N–H and O–H groups in total. The smallest absolute Gasteiger partial charge is 0.142 e. The van der Waals surface area contributed by atoms with Crippen molar-refractivity contribution in [2.45, 2.75) is 20.0 Å². The summed E-state index contributed by atoms with van der Waals surface area (Å²) < 4.78 is 0. The summed E-state index contributed by atoms with van der Waals surface area (Å²) in [5.74, 6) is 0. The van der Waals surface area contributed by atoms with E-state index in [9.17, 15) is 0 Å². The van der Waals surface area contributed by atoms with Crippen LogP contribution in [0.15, 0.2) is 60.3 Å². The third-order valence-corrected chi connectivity index (χ3v) is 3.08. The molecule has 0 fully saturated rings. The molecule has 0 atom stereocenters. The van der Waals surface area contributed by atoms with E-state index >= 15 is 0 Å². The highest BCUT2D eigenvalue weighted by Gasteiger charge is 1.93. The van der Waals surface area contributed by atoms with Gasteiger partial charge in [0, 0.05) is 0 Å². The van der Waals surface area contributed by atoms with E-state index in [4.69, 9.17) is 4.84 Å². The van der Waals surface area contributed by atoms with Crippen LogP contribution in [0.5, 0.6) is 0 Å². The molecule has 2 heteroatoms. The van der Waals surface area contributed by atoms with Gasteiger partial charge in [0.2, 0.25) is 0 Å². The van der Waals surface area contributed by atoms with Crippen molar-refractivity contribution in [1.82, 2.24) is 0 Å². The fraction of sp³-hybridized carbons (Fsp3) is 0.167. The van der Waals surface area contributed by atoms with E-state index in [0.29, 0.717) is 6.61 Å². The minimum atomic E-state index is 0.474. The van der Waals surface area contributed by atoms with E-state index < -0.39 is 0 Å². The molecule has 0 aliphatic heterocycles. The van der Waals surface area contributed by atoms with Crippen molar-refractivity contribution in [2.24, 2.45) is 5.16 Å². The Bertz CT molecular complexity index is 585. The van der Waals surface area contributed by atoms with Crippen LogP contribution in [0.4, 0.5) is 0 Å². The topological polar surface area (TPSA) is 21.6 Å². The molecule has 0 aliphatic carbocycles. The molecule has 0 spiro atoms. The maximum absolute atomic E-state index is 5.31. The number of benzene rings is 2. The number of oxime groups is 1. The van der Waals surface area contributed by atoms with Crippen LogP contribution in [0.25, 0.3) is 6.08 Å². The Morgan fingerprint density at radius 1 is 1.05 bits per heavy atom. The van der Waals surface area contributed by atoms with Crippen molar-refractivity contribution in [3.05, 3.63) is 77.4 Å². The third-order valence-electron chi connectivity index (χ3n) is 3.08. The Labute approximate surface area is 120 Å². The summed E-state index contributed by atoms with van der Waals surface area (Å²) in [7, 11) is 0. The molecule has 0 saturated heterocycles. The Morgan fingerprint density at radius 3 is 2.55 bits per heavy atom. The molecule has 102 valence electrons. The molecule has 2 aromatic carbocycles. The highest BCUT2D eigenvalue weighted by Crippen LogP contribution is 2.07. The van der Waals surface area contributed by atoms with Gasteiger partial charge >= 0.3 is 0 Å². The van der Waals surface area contributed by atoms with Crippen LogP contribution in [0.1, 0.15) is 29.2 Å². The van der Waals surface area contributed by atoms with E-state index in [0.717, 1.165) is 23.1 Å². The van der Waals surface area contributed by atoms with Gasteiger partial charge in [-0.25, -0.2) is 0 Å². The fourth-order valence-electron chi connectivity index (χ4n) is 1.85. The van der Waals surface area contributed by atoms with Crippen molar-refractivity contribution >= 4 is 12.3 Å². The molecular weight excluding hydrogens is 246 g/mol. The Hall–Kier alpha value is -2.35. The molecule has 0 radical (unpaired) electrons. The monoisotopic (exact) mass is 265 g/mol. The average Bonchev–Trinajstić information content (AvgIpc) is 2.52. The number of nitrogens with zero attached hydrogens (tertiary/aromatic N) is 1. The summed E-state index contributed by atoms with van der Waals surface area (Å²) in [6.07, 6.45) is 4.60. The third kappa shape index (κ3) is 4.09. The second kappa shape index (κ2) is 7.29. The van der Waals surface area contributed by atoms with Gasteiger partial charge in [-0.2, -0.15) is 0 Å². The summed E-state index contributed by atoms with van der Waals surface area (Å²) in [5.41, 5.74) is 4.56. The zero-order valence-corrected chi connectivity index (χ0v) is 11.8. The van der Waals surface area contributed by atoms with Crippen LogP contribution in [0, 0.1) is 0 Å². The van der Waals surface area contributed by atoms with E-state index in [1.807, 2.05) is 42.5 Å². The van der Waals surface area contributed by atoms with Crippen LogP contribution in [0.3, 0.4) is 0 Å². The first-order valence-corrected chi connectivity index (χ1v) is 6.77. The molecule has 0 heterocycles. The molecule has 2 aromatic rings. The van der Waals surface area contributed by atoms with Gasteiger partial charge < -0.3 is 4.84 Å². The number of hydrogen-bond donors (Lipinski definition) is 0. The zero-order valence-electron chi connectivity index (χ0n) is 11.8. The van der Waals surface area contributed by atoms with Crippen LogP contribution in [0.2, 0.25) is 0 Å². The molecule has 0 aliphatic rings. The summed E-state index contributed by atoms with van der Waals surface area (Å²) in [6, 6.07) is 16.3. The van der Waals surface area contributed by atoms with Crippen LogP contribution < -0.4 is 0 Å². The predicted octanol–water partition coefficient (Wildman–Crippen LogP) is 4.44. The molecule has 0 unspecified atom stereocenters. The van der Waals surface area contributed by atoms with Crippen molar-refractivity contribution in [3.8, 4) is 0 Å². The highest BCUT2D eigenvalue weighted by molar-refractivity contribution is 5.79. The van der Waals surface area contributed by atoms with Crippen LogP contribution >= 0.6 is 0 Å². The van der Waals surface area contributed by atoms with Gasteiger partial charge in [0.05, 0.1) is 6.21 Å². The summed E-state index contributed by atoms with van der Waals surface area (Å²) >= 11 is 0. The first-order chi connectivity index (χ1) is 9.81. The molecular formula is C18H19NO. The van der Waals surface area contributed by atoms with Gasteiger partial charge in [0.1, 0.15) is 6.61 Å². The first-order valence-electron chi connectivity index (χ1n) is 6.77. The zero-order chi connectivity index (χ0) is 14.2. The predicted molar refractivity (Wildman–Crippen MR) is 84.7 cm³/mol. The second-order valence-corrected chi connectivity index (χ2v) is 4.55. The Balaban J connectivity index is 1.87. The second-order valence-electron chi connectivity index (χ2n) is 4.55. The first kappa shape index (κ1) is 14.1. The van der Waals surface area contributed by atoms with Crippen LogP contribution in [-0.2, 0) is 17.9 Å². The van der Waals surface area contributed by atoms with Crippen molar-refractivity contribution in [1.29, 1.82) is 0 Å². The standard InChI is InChI=1S/C18H19NO/c1-3-15-8-10-17(11-9-15)14-20-19-13-18-7-5-6-16(4-2)12-18/h3,5-13H,1,4,14H2,2H3. The Kier molecular flexibility index (Phi) is 5.13. The molecule has 20 heavy (non-hydrogen) atoms. The van der Waals surface area contributed by atoms with Gasteiger partial charge in [-0.1, -0.05) is 73.3 Å². The minimum Gasteiger partial charge on any atom is -0.391 e. The highest BCUT2D eigenvalue weighted by atomic mass is 16.6. The number of aryl methyl sites for hydroxylation is 1. The van der Waals surface area contributed by atoms with Gasteiger partial charge in [0.15, 0.2) is 0 Å². The summed E-state index contributed by atoms with van der Waals surface area (Å²) in [5, 5.41) is 4.01. The van der Waals surface area contributed by atoms with E-state index in [1.54, 1.807) is 6.21 Å². The van der Waals surface area contributed by atoms with Crippen LogP contribution in [-0.4, -0.2) is 6.21 Å². The molecule has 0 bridgehead atoms. The fourth-order valence-corrected chi connectivity index (χ4v) is 1.85. The largest absolute Gasteiger partial charge is 0.391 e. The average molecular weight is 265 g/mol. The maximum atomic E-state index is 5.31. The molecule has 0 aromatic heterocycles. The lowest BCUT2D eigenvalue weighted by atomic mass is 10.1. The molecule has 0 amide bonds. The minimum absolute atomic E-state index is 0.474. The summed E-state index contributed by atoms with van der Waals surface area (Å²) in [6.45, 7) is 6.34. The Morgan fingerprint density at radius 2 is 1.85 bits per heavy atom. The lowest BCUT2D eigenvalue weighted by molar-refractivity contribution is 0.132. The molecule has 2 nitrogen and oxygen atoms in total. The molecule has 0 saturated carbocycles. The maximum Gasteiger partial charge on any atom is 0.142 e. The van der Waals surface area contributed by atoms with E-state index in [2.05, 4.69) is 30.8 Å².